The van der Waals surface area contributed by atoms with Gasteiger partial charge in [0.1, 0.15) is 0 Å². The zero-order chi connectivity index (χ0) is 13.0. The molecule has 1 fully saturated rings. The van der Waals surface area contributed by atoms with Crippen LogP contribution in [0, 0.1) is 0 Å². The first kappa shape index (κ1) is 13.5. The molecule has 18 heavy (non-hydrogen) atoms. The Kier molecular flexibility index (Phi) is 4.69. The van der Waals surface area contributed by atoms with Gasteiger partial charge >= 0.3 is 0 Å². The lowest BCUT2D eigenvalue weighted by Crippen LogP contribution is -2.47. The minimum absolute atomic E-state index is 0.0951. The van der Waals surface area contributed by atoms with Crippen molar-refractivity contribution in [2.45, 2.75) is 44.4 Å². The summed E-state index contributed by atoms with van der Waals surface area (Å²) in [6.07, 6.45) is 6.28. The standard InChI is InChI=1S/C14H23N3O/c1-2-13(15)14(11-5-7-16-8-6-11)17-9-3-4-12(18)10-17/h5-8,12-14,18H,2-4,9-10,15H2,1H3. The maximum atomic E-state index is 9.84. The van der Waals surface area contributed by atoms with Gasteiger partial charge in [-0.05, 0) is 43.5 Å². The number of piperidine rings is 1. The summed E-state index contributed by atoms with van der Waals surface area (Å²) in [5.74, 6) is 0. The fourth-order valence-corrected chi connectivity index (χ4v) is 2.75. The van der Waals surface area contributed by atoms with Crippen molar-refractivity contribution in [1.29, 1.82) is 0 Å². The van der Waals surface area contributed by atoms with E-state index in [4.69, 9.17) is 5.73 Å². The average Bonchev–Trinajstić information content (AvgIpc) is 2.40. The lowest BCUT2D eigenvalue weighted by atomic mass is 9.94. The number of pyridine rings is 1. The van der Waals surface area contributed by atoms with Gasteiger partial charge in [0.25, 0.3) is 0 Å². The molecular formula is C14H23N3O. The molecule has 2 rings (SSSR count). The molecule has 1 aromatic heterocycles. The van der Waals surface area contributed by atoms with Gasteiger partial charge in [0.15, 0.2) is 0 Å². The Hall–Kier alpha value is -0.970. The minimum Gasteiger partial charge on any atom is -0.392 e. The van der Waals surface area contributed by atoms with Crippen LogP contribution in [-0.4, -0.2) is 40.2 Å². The summed E-state index contributed by atoms with van der Waals surface area (Å²) in [5.41, 5.74) is 7.48. The largest absolute Gasteiger partial charge is 0.392 e. The third kappa shape index (κ3) is 3.07. The third-order valence-corrected chi connectivity index (χ3v) is 3.75. The molecule has 1 aliphatic heterocycles. The first-order valence-corrected chi connectivity index (χ1v) is 6.80. The Balaban J connectivity index is 2.20. The van der Waals surface area contributed by atoms with Gasteiger partial charge in [-0.2, -0.15) is 0 Å². The Morgan fingerprint density at radius 1 is 1.50 bits per heavy atom. The number of hydrogen-bond donors (Lipinski definition) is 2. The highest BCUT2D eigenvalue weighted by molar-refractivity contribution is 5.17. The van der Waals surface area contributed by atoms with Crippen molar-refractivity contribution in [2.24, 2.45) is 5.73 Å². The molecule has 4 heteroatoms. The Morgan fingerprint density at radius 3 is 2.83 bits per heavy atom. The Bertz CT molecular complexity index is 357. The molecule has 0 radical (unpaired) electrons. The highest BCUT2D eigenvalue weighted by Crippen LogP contribution is 2.27. The van der Waals surface area contributed by atoms with Gasteiger partial charge in [0.2, 0.25) is 0 Å². The molecule has 4 nitrogen and oxygen atoms in total. The summed E-state index contributed by atoms with van der Waals surface area (Å²) in [4.78, 5) is 6.38. The summed E-state index contributed by atoms with van der Waals surface area (Å²) in [6.45, 7) is 3.84. The molecule has 0 bridgehead atoms. The molecule has 1 aliphatic rings. The van der Waals surface area contributed by atoms with Crippen LogP contribution in [0.1, 0.15) is 37.8 Å². The predicted molar refractivity (Wildman–Crippen MR) is 72.1 cm³/mol. The average molecular weight is 249 g/mol. The molecule has 3 atom stereocenters. The van der Waals surface area contributed by atoms with Crippen LogP contribution in [0.15, 0.2) is 24.5 Å². The quantitative estimate of drug-likeness (QED) is 0.844. The lowest BCUT2D eigenvalue weighted by molar-refractivity contribution is 0.0385. The van der Waals surface area contributed by atoms with Crippen molar-refractivity contribution in [3.63, 3.8) is 0 Å². The van der Waals surface area contributed by atoms with E-state index >= 15 is 0 Å². The van der Waals surface area contributed by atoms with Crippen LogP contribution in [0.5, 0.6) is 0 Å². The monoisotopic (exact) mass is 249 g/mol. The number of aromatic nitrogens is 1. The summed E-state index contributed by atoms with van der Waals surface area (Å²) in [5, 5.41) is 9.84. The summed E-state index contributed by atoms with van der Waals surface area (Å²) < 4.78 is 0. The van der Waals surface area contributed by atoms with Gasteiger partial charge in [0, 0.05) is 25.0 Å². The third-order valence-electron chi connectivity index (χ3n) is 3.75. The number of likely N-dealkylation sites (tertiary alicyclic amines) is 1. The number of aliphatic hydroxyl groups excluding tert-OH is 1. The van der Waals surface area contributed by atoms with E-state index in [9.17, 15) is 5.11 Å². The van der Waals surface area contributed by atoms with Crippen LogP contribution >= 0.6 is 0 Å². The maximum Gasteiger partial charge on any atom is 0.0667 e. The zero-order valence-electron chi connectivity index (χ0n) is 11.0. The van der Waals surface area contributed by atoms with Gasteiger partial charge in [-0.1, -0.05) is 6.92 Å². The van der Waals surface area contributed by atoms with E-state index in [0.717, 1.165) is 32.4 Å². The number of nitrogens with two attached hydrogens (primary N) is 1. The topological polar surface area (TPSA) is 62.4 Å². The molecule has 3 unspecified atom stereocenters. The normalized spacial score (nSPS) is 24.7. The van der Waals surface area contributed by atoms with E-state index < -0.39 is 0 Å². The number of aliphatic hydroxyl groups is 1. The fourth-order valence-electron chi connectivity index (χ4n) is 2.75. The van der Waals surface area contributed by atoms with Crippen LogP contribution in [0.3, 0.4) is 0 Å². The molecule has 1 saturated heterocycles. The van der Waals surface area contributed by atoms with Crippen molar-refractivity contribution in [2.75, 3.05) is 13.1 Å². The molecule has 0 amide bonds. The fraction of sp³-hybridized carbons (Fsp3) is 0.643. The second kappa shape index (κ2) is 6.27. The Labute approximate surface area is 109 Å². The van der Waals surface area contributed by atoms with E-state index in [0.29, 0.717) is 0 Å². The maximum absolute atomic E-state index is 9.84. The lowest BCUT2D eigenvalue weighted by Gasteiger charge is -2.39. The van der Waals surface area contributed by atoms with Crippen molar-refractivity contribution < 1.29 is 5.11 Å². The Morgan fingerprint density at radius 2 is 2.22 bits per heavy atom. The number of hydrogen-bond acceptors (Lipinski definition) is 4. The first-order chi connectivity index (χ1) is 8.72. The highest BCUT2D eigenvalue weighted by atomic mass is 16.3. The van der Waals surface area contributed by atoms with E-state index in [1.807, 2.05) is 24.5 Å². The summed E-state index contributed by atoms with van der Waals surface area (Å²) in [6, 6.07) is 4.34. The minimum atomic E-state index is -0.216. The second-order valence-corrected chi connectivity index (χ2v) is 5.09. The van der Waals surface area contributed by atoms with Crippen LogP contribution in [0.25, 0.3) is 0 Å². The summed E-state index contributed by atoms with van der Waals surface area (Å²) >= 11 is 0. The van der Waals surface area contributed by atoms with Gasteiger partial charge < -0.3 is 10.8 Å². The van der Waals surface area contributed by atoms with E-state index in [1.54, 1.807) is 0 Å². The first-order valence-electron chi connectivity index (χ1n) is 6.80. The molecule has 100 valence electrons. The number of rotatable bonds is 4. The van der Waals surface area contributed by atoms with Crippen molar-refractivity contribution in [3.05, 3.63) is 30.1 Å². The molecule has 0 aromatic carbocycles. The highest BCUT2D eigenvalue weighted by Gasteiger charge is 2.29. The van der Waals surface area contributed by atoms with Crippen molar-refractivity contribution in [1.82, 2.24) is 9.88 Å². The van der Waals surface area contributed by atoms with Crippen LogP contribution in [-0.2, 0) is 0 Å². The predicted octanol–water partition coefficient (Wildman–Crippen LogP) is 1.32. The number of nitrogens with zero attached hydrogens (tertiary/aromatic N) is 2. The molecule has 2 heterocycles. The molecule has 3 N–H and O–H groups in total. The SMILES string of the molecule is CCC(N)C(c1ccncc1)N1CCCC(O)C1. The van der Waals surface area contributed by atoms with Crippen molar-refractivity contribution >= 4 is 0 Å². The van der Waals surface area contributed by atoms with Gasteiger partial charge in [-0.15, -0.1) is 0 Å². The van der Waals surface area contributed by atoms with Crippen LogP contribution in [0.4, 0.5) is 0 Å². The summed E-state index contributed by atoms with van der Waals surface area (Å²) in [7, 11) is 0. The van der Waals surface area contributed by atoms with Crippen molar-refractivity contribution in [3.8, 4) is 0 Å². The second-order valence-electron chi connectivity index (χ2n) is 5.09. The van der Waals surface area contributed by atoms with Gasteiger partial charge in [-0.3, -0.25) is 9.88 Å². The molecule has 0 spiro atoms. The van der Waals surface area contributed by atoms with E-state index in [1.165, 1.54) is 5.56 Å². The van der Waals surface area contributed by atoms with E-state index in [-0.39, 0.29) is 18.2 Å². The molecule has 0 saturated carbocycles. The molecule has 1 aromatic rings. The zero-order valence-corrected chi connectivity index (χ0v) is 11.0. The van der Waals surface area contributed by atoms with Crippen LogP contribution < -0.4 is 5.73 Å². The van der Waals surface area contributed by atoms with E-state index in [2.05, 4.69) is 16.8 Å². The van der Waals surface area contributed by atoms with Crippen LogP contribution in [0.2, 0.25) is 0 Å². The number of β-amino-alcohol motifs (C(OH)–C–C–N with tert-alkyl or cyclic N) is 1. The molecule has 0 aliphatic carbocycles. The van der Waals surface area contributed by atoms with Gasteiger partial charge in [-0.25, -0.2) is 0 Å². The van der Waals surface area contributed by atoms with Gasteiger partial charge in [0.05, 0.1) is 12.1 Å². The smallest absolute Gasteiger partial charge is 0.0667 e. The molecular weight excluding hydrogens is 226 g/mol.